The molecule has 0 rings (SSSR count). The van der Waals surface area contributed by atoms with E-state index in [1.165, 1.54) is 225 Å². The number of aliphatic hydroxyl groups excluding tert-OH is 2. The number of rotatable bonds is 52. The van der Waals surface area contributed by atoms with Crippen LogP contribution in [0.4, 0.5) is 0 Å². The lowest BCUT2D eigenvalue weighted by Gasteiger charge is -2.22. The number of unbranched alkanes of at least 4 members (excludes halogenated alkanes) is 37. The van der Waals surface area contributed by atoms with E-state index >= 15 is 0 Å². The maximum Gasteiger partial charge on any atom is 0.305 e. The van der Waals surface area contributed by atoms with E-state index in [1.807, 2.05) is 0 Å². The molecule has 0 aromatic heterocycles. The third-order valence-corrected chi connectivity index (χ3v) is 13.0. The van der Waals surface area contributed by atoms with Crippen molar-refractivity contribution in [1.29, 1.82) is 0 Å². The molecule has 2 atom stereocenters. The molecule has 372 valence electrons. The van der Waals surface area contributed by atoms with Crippen molar-refractivity contribution in [1.82, 2.24) is 5.32 Å². The molecule has 0 saturated heterocycles. The maximum absolute atomic E-state index is 12.4. The van der Waals surface area contributed by atoms with Gasteiger partial charge in [-0.25, -0.2) is 0 Å². The van der Waals surface area contributed by atoms with Gasteiger partial charge in [-0.3, -0.25) is 9.59 Å². The van der Waals surface area contributed by atoms with Crippen LogP contribution in [0.1, 0.15) is 303 Å². The minimum atomic E-state index is -0.669. The quantitative estimate of drug-likeness (QED) is 0.0321. The van der Waals surface area contributed by atoms with Crippen LogP contribution < -0.4 is 5.32 Å². The highest BCUT2D eigenvalue weighted by atomic mass is 16.5. The van der Waals surface area contributed by atoms with Crippen LogP contribution in [0.3, 0.4) is 0 Å². The standard InChI is InChI=1S/C57H109NO5/c1-3-5-7-9-11-13-15-25-29-33-37-41-45-49-55(60)54(53-59)58-56(61)50-46-42-38-34-30-27-23-21-19-17-18-20-22-24-28-32-36-40-44-48-52-63-57(62)51-47-43-39-35-31-26-16-14-12-10-8-6-4-2/h14,16-17,19,54-55,59-60H,3-13,15,18,20-53H2,1-2H3,(H,58,61)/b16-14-,19-17-. The molecule has 6 nitrogen and oxygen atoms in total. The Morgan fingerprint density at radius 3 is 1.14 bits per heavy atom. The van der Waals surface area contributed by atoms with Gasteiger partial charge in [0.1, 0.15) is 0 Å². The SMILES string of the molecule is CCCCCC/C=C\CCCCCCCC(=O)OCCCCCCCCCCC/C=C\CCCCCCCCCC(=O)NC(CO)C(O)CCCCCCCCCCCCCCC. The molecule has 2 unspecified atom stereocenters. The second kappa shape index (κ2) is 53.0. The first-order valence-corrected chi connectivity index (χ1v) is 28.1. The predicted octanol–water partition coefficient (Wildman–Crippen LogP) is 17.1. The van der Waals surface area contributed by atoms with Crippen molar-refractivity contribution in [2.24, 2.45) is 0 Å². The van der Waals surface area contributed by atoms with Crippen molar-refractivity contribution in [2.75, 3.05) is 13.2 Å². The van der Waals surface area contributed by atoms with E-state index < -0.39 is 12.1 Å². The van der Waals surface area contributed by atoms with E-state index in [2.05, 4.69) is 43.5 Å². The zero-order chi connectivity index (χ0) is 45.8. The molecule has 0 aliphatic rings. The smallest absolute Gasteiger partial charge is 0.305 e. The molecule has 6 heteroatoms. The Labute approximate surface area is 392 Å². The van der Waals surface area contributed by atoms with Crippen molar-refractivity contribution in [3.63, 3.8) is 0 Å². The van der Waals surface area contributed by atoms with Crippen LogP contribution >= 0.6 is 0 Å². The van der Waals surface area contributed by atoms with Crippen LogP contribution in [0, 0.1) is 0 Å². The number of ether oxygens (including phenoxy) is 1. The zero-order valence-electron chi connectivity index (χ0n) is 42.3. The maximum atomic E-state index is 12.4. The van der Waals surface area contributed by atoms with Crippen molar-refractivity contribution >= 4 is 11.9 Å². The minimum absolute atomic E-state index is 0.00307. The first-order valence-electron chi connectivity index (χ1n) is 28.1. The van der Waals surface area contributed by atoms with Gasteiger partial charge < -0.3 is 20.3 Å². The molecule has 0 aromatic rings. The van der Waals surface area contributed by atoms with Crippen LogP contribution in [0.2, 0.25) is 0 Å². The van der Waals surface area contributed by atoms with Gasteiger partial charge in [0.2, 0.25) is 5.91 Å². The molecular formula is C57H109NO5. The monoisotopic (exact) mass is 888 g/mol. The normalized spacial score (nSPS) is 12.8. The summed E-state index contributed by atoms with van der Waals surface area (Å²) in [7, 11) is 0. The van der Waals surface area contributed by atoms with Crippen LogP contribution in [0.25, 0.3) is 0 Å². The first-order chi connectivity index (χ1) is 31.0. The van der Waals surface area contributed by atoms with Gasteiger partial charge in [-0.2, -0.15) is 0 Å². The second-order valence-corrected chi connectivity index (χ2v) is 19.3. The van der Waals surface area contributed by atoms with Crippen LogP contribution in [0.5, 0.6) is 0 Å². The summed E-state index contributed by atoms with van der Waals surface area (Å²) in [6.07, 6.45) is 63.0. The Morgan fingerprint density at radius 2 is 0.746 bits per heavy atom. The van der Waals surface area contributed by atoms with E-state index in [4.69, 9.17) is 4.74 Å². The number of allylic oxidation sites excluding steroid dienone is 4. The van der Waals surface area contributed by atoms with E-state index in [0.717, 1.165) is 44.9 Å². The van der Waals surface area contributed by atoms with E-state index in [0.29, 0.717) is 25.9 Å². The number of esters is 1. The molecule has 0 aliphatic heterocycles. The average molecular weight is 889 g/mol. The van der Waals surface area contributed by atoms with Gasteiger partial charge in [-0.05, 0) is 77.0 Å². The molecule has 0 bridgehead atoms. The second-order valence-electron chi connectivity index (χ2n) is 19.3. The fraction of sp³-hybridized carbons (Fsp3) is 0.895. The summed E-state index contributed by atoms with van der Waals surface area (Å²) >= 11 is 0. The lowest BCUT2D eigenvalue weighted by atomic mass is 10.0. The summed E-state index contributed by atoms with van der Waals surface area (Å²) in [4.78, 5) is 24.5. The Bertz CT molecular complexity index is 982. The van der Waals surface area contributed by atoms with Gasteiger partial charge >= 0.3 is 5.97 Å². The minimum Gasteiger partial charge on any atom is -0.466 e. The number of carbonyl (C=O) groups is 2. The van der Waals surface area contributed by atoms with E-state index in [-0.39, 0.29) is 18.5 Å². The first kappa shape index (κ1) is 61.3. The Morgan fingerprint density at radius 1 is 0.429 bits per heavy atom. The number of amides is 1. The summed E-state index contributed by atoms with van der Waals surface area (Å²) in [6, 6.07) is -0.547. The summed E-state index contributed by atoms with van der Waals surface area (Å²) in [5.41, 5.74) is 0. The molecule has 0 spiro atoms. The third kappa shape index (κ3) is 49.6. The summed E-state index contributed by atoms with van der Waals surface area (Å²) in [5, 5.41) is 23.2. The van der Waals surface area contributed by atoms with Gasteiger partial charge in [0, 0.05) is 12.8 Å². The van der Waals surface area contributed by atoms with Gasteiger partial charge in [-0.1, -0.05) is 237 Å². The highest BCUT2D eigenvalue weighted by Gasteiger charge is 2.20. The molecule has 0 heterocycles. The van der Waals surface area contributed by atoms with Gasteiger partial charge in [0.15, 0.2) is 0 Å². The molecule has 0 saturated carbocycles. The highest BCUT2D eigenvalue weighted by Crippen LogP contribution is 2.16. The molecule has 0 radical (unpaired) electrons. The molecule has 0 aromatic carbocycles. The average Bonchev–Trinajstić information content (AvgIpc) is 3.28. The van der Waals surface area contributed by atoms with Gasteiger partial charge in [0.25, 0.3) is 0 Å². The molecular weight excluding hydrogens is 779 g/mol. The number of carbonyl (C=O) groups excluding carboxylic acids is 2. The molecule has 1 amide bonds. The van der Waals surface area contributed by atoms with Crippen molar-refractivity contribution in [3.8, 4) is 0 Å². The topological polar surface area (TPSA) is 95.9 Å². The van der Waals surface area contributed by atoms with Crippen LogP contribution in [-0.2, 0) is 14.3 Å². The summed E-state index contributed by atoms with van der Waals surface area (Å²) in [6.45, 7) is 4.93. The lowest BCUT2D eigenvalue weighted by molar-refractivity contribution is -0.143. The van der Waals surface area contributed by atoms with Crippen molar-refractivity contribution in [2.45, 2.75) is 315 Å². The molecule has 3 N–H and O–H groups in total. The number of nitrogens with one attached hydrogen (secondary N) is 1. The zero-order valence-corrected chi connectivity index (χ0v) is 42.3. The highest BCUT2D eigenvalue weighted by molar-refractivity contribution is 5.76. The van der Waals surface area contributed by atoms with Crippen LogP contribution in [-0.4, -0.2) is 47.4 Å². The molecule has 63 heavy (non-hydrogen) atoms. The fourth-order valence-electron chi connectivity index (χ4n) is 8.63. The van der Waals surface area contributed by atoms with Crippen molar-refractivity contribution in [3.05, 3.63) is 24.3 Å². The Kier molecular flexibility index (Phi) is 51.6. The van der Waals surface area contributed by atoms with Gasteiger partial charge in [0.05, 0.1) is 25.4 Å². The van der Waals surface area contributed by atoms with Crippen LogP contribution in [0.15, 0.2) is 24.3 Å². The number of aliphatic hydroxyl groups is 2. The summed E-state index contributed by atoms with van der Waals surface area (Å²) in [5.74, 6) is -0.0466. The Balaban J connectivity index is 3.43. The summed E-state index contributed by atoms with van der Waals surface area (Å²) < 4.78 is 5.46. The number of hydrogen-bond donors (Lipinski definition) is 3. The fourth-order valence-corrected chi connectivity index (χ4v) is 8.63. The predicted molar refractivity (Wildman–Crippen MR) is 273 cm³/mol. The lowest BCUT2D eigenvalue weighted by Crippen LogP contribution is -2.45. The Hall–Kier alpha value is -1.66. The number of hydrogen-bond acceptors (Lipinski definition) is 5. The van der Waals surface area contributed by atoms with Gasteiger partial charge in [-0.15, -0.1) is 0 Å². The molecule has 0 fully saturated rings. The molecule has 0 aliphatic carbocycles. The largest absolute Gasteiger partial charge is 0.466 e. The van der Waals surface area contributed by atoms with E-state index in [9.17, 15) is 19.8 Å². The van der Waals surface area contributed by atoms with E-state index in [1.54, 1.807) is 0 Å². The van der Waals surface area contributed by atoms with Crippen molar-refractivity contribution < 1.29 is 24.5 Å². The third-order valence-electron chi connectivity index (χ3n) is 13.0.